The fourth-order valence-electron chi connectivity index (χ4n) is 5.29. The van der Waals surface area contributed by atoms with E-state index in [2.05, 4.69) is 53.7 Å². The monoisotopic (exact) mass is 505 g/mol. The van der Waals surface area contributed by atoms with Gasteiger partial charge in [0.1, 0.15) is 11.3 Å². The number of piperidine rings is 1. The van der Waals surface area contributed by atoms with Gasteiger partial charge in [0.25, 0.3) is 5.91 Å². The molecule has 0 unspecified atom stereocenters. The largest absolute Gasteiger partial charge is 0.339 e. The Labute approximate surface area is 224 Å². The van der Waals surface area contributed by atoms with Gasteiger partial charge in [-0.2, -0.15) is 0 Å². The van der Waals surface area contributed by atoms with Gasteiger partial charge in [0.05, 0.1) is 17.8 Å². The normalized spacial score (nSPS) is 17.0. The Morgan fingerprint density at radius 1 is 0.919 bits per heavy atom. The number of hydrogen-bond donors (Lipinski definition) is 0. The SMILES string of the molecule is CC(C)CCN(CCC(C)C)C(=O)c1ccc2nc(CN3CCCCC3)c(C#CCN3CCCC3)n2c1. The van der Waals surface area contributed by atoms with E-state index in [9.17, 15) is 4.79 Å². The first-order valence-electron chi connectivity index (χ1n) is 14.6. The summed E-state index contributed by atoms with van der Waals surface area (Å²) in [7, 11) is 0. The van der Waals surface area contributed by atoms with Crippen LogP contribution in [0.4, 0.5) is 0 Å². The summed E-state index contributed by atoms with van der Waals surface area (Å²) in [6.45, 7) is 16.6. The number of nitrogens with zero attached hydrogens (tertiary/aromatic N) is 5. The maximum atomic E-state index is 13.7. The molecule has 0 aromatic carbocycles. The zero-order valence-electron chi connectivity index (χ0n) is 23.6. The Morgan fingerprint density at radius 2 is 1.54 bits per heavy atom. The molecule has 0 spiro atoms. The Kier molecular flexibility index (Phi) is 10.1. The number of fused-ring (bicyclic) bond motifs is 1. The summed E-state index contributed by atoms with van der Waals surface area (Å²) in [5, 5.41) is 0. The van der Waals surface area contributed by atoms with Crippen molar-refractivity contribution in [2.75, 3.05) is 45.8 Å². The molecule has 2 aromatic rings. The number of rotatable bonds is 10. The number of likely N-dealkylation sites (tertiary alicyclic amines) is 2. The Bertz CT molecular complexity index is 1070. The second-order valence-electron chi connectivity index (χ2n) is 11.8. The van der Waals surface area contributed by atoms with Crippen LogP contribution in [0.2, 0.25) is 0 Å². The van der Waals surface area contributed by atoms with E-state index in [1.165, 1.54) is 32.1 Å². The molecular formula is C31H47N5O. The number of carbonyl (C=O) groups excluding carboxylic acids is 1. The fourth-order valence-corrected chi connectivity index (χ4v) is 5.29. The first-order chi connectivity index (χ1) is 17.9. The van der Waals surface area contributed by atoms with Gasteiger partial charge in [-0.15, -0.1) is 0 Å². The highest BCUT2D eigenvalue weighted by Gasteiger charge is 2.21. The summed E-state index contributed by atoms with van der Waals surface area (Å²) in [4.78, 5) is 25.7. The van der Waals surface area contributed by atoms with Gasteiger partial charge in [0, 0.05) is 25.8 Å². The van der Waals surface area contributed by atoms with Crippen LogP contribution in [0.3, 0.4) is 0 Å². The van der Waals surface area contributed by atoms with Gasteiger partial charge in [0.2, 0.25) is 0 Å². The maximum Gasteiger partial charge on any atom is 0.255 e. The van der Waals surface area contributed by atoms with Gasteiger partial charge in [-0.1, -0.05) is 40.0 Å². The Morgan fingerprint density at radius 3 is 2.19 bits per heavy atom. The highest BCUT2D eigenvalue weighted by Crippen LogP contribution is 2.20. The average Bonchev–Trinajstić information content (AvgIpc) is 3.52. The van der Waals surface area contributed by atoms with Crippen LogP contribution >= 0.6 is 0 Å². The van der Waals surface area contributed by atoms with Crippen molar-refractivity contribution in [3.05, 3.63) is 35.3 Å². The third-order valence-corrected chi connectivity index (χ3v) is 7.71. The van der Waals surface area contributed by atoms with Crippen molar-refractivity contribution >= 4 is 11.6 Å². The zero-order chi connectivity index (χ0) is 26.2. The van der Waals surface area contributed by atoms with Crippen LogP contribution in [0.25, 0.3) is 5.65 Å². The quantitative estimate of drug-likeness (QED) is 0.411. The third kappa shape index (κ3) is 7.82. The molecule has 0 aliphatic carbocycles. The van der Waals surface area contributed by atoms with E-state index in [1.54, 1.807) is 0 Å². The lowest BCUT2D eigenvalue weighted by Crippen LogP contribution is -2.34. The second-order valence-corrected chi connectivity index (χ2v) is 11.8. The molecule has 2 aliphatic rings. The van der Waals surface area contributed by atoms with Gasteiger partial charge in [-0.25, -0.2) is 4.98 Å². The first kappa shape index (κ1) is 27.7. The van der Waals surface area contributed by atoms with Crippen LogP contribution < -0.4 is 0 Å². The first-order valence-corrected chi connectivity index (χ1v) is 14.6. The molecule has 1 amide bonds. The lowest BCUT2D eigenvalue weighted by Gasteiger charge is -2.25. The van der Waals surface area contributed by atoms with Gasteiger partial charge in [0.15, 0.2) is 0 Å². The molecule has 0 bridgehead atoms. The van der Waals surface area contributed by atoms with Crippen molar-refractivity contribution in [2.45, 2.75) is 79.2 Å². The van der Waals surface area contributed by atoms with Crippen molar-refractivity contribution in [3.63, 3.8) is 0 Å². The Hall–Kier alpha value is -2.36. The van der Waals surface area contributed by atoms with Crippen LogP contribution in [0, 0.1) is 23.7 Å². The van der Waals surface area contributed by atoms with Crippen LogP contribution in [-0.2, 0) is 6.54 Å². The molecule has 2 saturated heterocycles. The Balaban J connectivity index is 1.62. The van der Waals surface area contributed by atoms with E-state index in [0.717, 1.165) is 87.8 Å². The van der Waals surface area contributed by atoms with E-state index in [-0.39, 0.29) is 5.91 Å². The summed E-state index contributed by atoms with van der Waals surface area (Å²) < 4.78 is 2.08. The molecule has 2 fully saturated rings. The van der Waals surface area contributed by atoms with Crippen molar-refractivity contribution in [2.24, 2.45) is 11.8 Å². The van der Waals surface area contributed by atoms with Gasteiger partial charge >= 0.3 is 0 Å². The number of pyridine rings is 1. The second kappa shape index (κ2) is 13.4. The van der Waals surface area contributed by atoms with E-state index in [4.69, 9.17) is 4.98 Å². The van der Waals surface area contributed by atoms with Crippen LogP contribution in [0.15, 0.2) is 18.3 Å². The highest BCUT2D eigenvalue weighted by atomic mass is 16.2. The predicted molar refractivity (Wildman–Crippen MR) is 152 cm³/mol. The minimum absolute atomic E-state index is 0.116. The topological polar surface area (TPSA) is 44.1 Å². The third-order valence-electron chi connectivity index (χ3n) is 7.71. The number of aromatic nitrogens is 2. The standard InChI is InChI=1S/C31H47N5O/c1-25(2)14-21-35(22-15-26(3)4)31(37)27-12-13-30-32-28(24-34-18-6-5-7-19-34)29(36(30)23-27)11-10-20-33-16-8-9-17-33/h12-13,23,25-26H,5-9,14-22,24H2,1-4H3. The molecule has 0 atom stereocenters. The van der Waals surface area contributed by atoms with Gasteiger partial charge < -0.3 is 4.90 Å². The maximum absolute atomic E-state index is 13.7. The molecule has 0 N–H and O–H groups in total. The van der Waals surface area contributed by atoms with Crippen molar-refractivity contribution in [3.8, 4) is 11.8 Å². The summed E-state index contributed by atoms with van der Waals surface area (Å²) in [6.07, 6.45) is 10.4. The van der Waals surface area contributed by atoms with Crippen molar-refractivity contribution in [1.29, 1.82) is 0 Å². The number of amides is 1. The molecule has 0 saturated carbocycles. The lowest BCUT2D eigenvalue weighted by molar-refractivity contribution is 0.0740. The van der Waals surface area contributed by atoms with E-state index < -0.39 is 0 Å². The van der Waals surface area contributed by atoms with E-state index in [0.29, 0.717) is 11.8 Å². The fraction of sp³-hybridized carbons (Fsp3) is 0.677. The molecule has 2 aliphatic heterocycles. The molecule has 4 heterocycles. The molecular weight excluding hydrogens is 458 g/mol. The van der Waals surface area contributed by atoms with Crippen LogP contribution in [0.5, 0.6) is 0 Å². The lowest BCUT2D eigenvalue weighted by atomic mass is 10.1. The number of hydrogen-bond acceptors (Lipinski definition) is 4. The molecule has 2 aromatic heterocycles. The van der Waals surface area contributed by atoms with Crippen molar-refractivity contribution in [1.82, 2.24) is 24.1 Å². The van der Waals surface area contributed by atoms with Crippen LogP contribution in [-0.4, -0.2) is 75.8 Å². The molecule has 0 radical (unpaired) electrons. The van der Waals surface area contributed by atoms with Crippen LogP contribution in [0.1, 0.15) is 94.4 Å². The summed E-state index contributed by atoms with van der Waals surface area (Å²) in [5.41, 5.74) is 3.59. The zero-order valence-corrected chi connectivity index (χ0v) is 23.6. The number of imidazole rings is 1. The molecule has 6 nitrogen and oxygen atoms in total. The van der Waals surface area contributed by atoms with Crippen molar-refractivity contribution < 1.29 is 4.79 Å². The summed E-state index contributed by atoms with van der Waals surface area (Å²) >= 11 is 0. The number of carbonyl (C=O) groups is 1. The van der Waals surface area contributed by atoms with E-state index >= 15 is 0 Å². The smallest absolute Gasteiger partial charge is 0.255 e. The van der Waals surface area contributed by atoms with E-state index in [1.807, 2.05) is 23.2 Å². The van der Waals surface area contributed by atoms with Gasteiger partial charge in [-0.05, 0) is 94.6 Å². The highest BCUT2D eigenvalue weighted by molar-refractivity contribution is 5.94. The summed E-state index contributed by atoms with van der Waals surface area (Å²) in [6, 6.07) is 3.95. The minimum Gasteiger partial charge on any atom is -0.339 e. The van der Waals surface area contributed by atoms with Gasteiger partial charge in [-0.3, -0.25) is 19.0 Å². The molecule has 202 valence electrons. The average molecular weight is 506 g/mol. The predicted octanol–water partition coefficient (Wildman–Crippen LogP) is 5.30. The molecule has 37 heavy (non-hydrogen) atoms. The molecule has 6 heteroatoms. The summed E-state index contributed by atoms with van der Waals surface area (Å²) in [5.74, 6) is 8.18. The minimum atomic E-state index is 0.116. The molecule has 4 rings (SSSR count).